The van der Waals surface area contributed by atoms with Crippen LogP contribution in [0.2, 0.25) is 0 Å². The molecule has 2 aromatic rings. The molecule has 0 atom stereocenters. The summed E-state index contributed by atoms with van der Waals surface area (Å²) in [6.45, 7) is 1.72. The zero-order valence-corrected chi connectivity index (χ0v) is 12.4. The number of hydrogen-bond acceptors (Lipinski definition) is 3. The summed E-state index contributed by atoms with van der Waals surface area (Å²) in [6.07, 6.45) is 0.845. The topological polar surface area (TPSA) is 47.3 Å². The summed E-state index contributed by atoms with van der Waals surface area (Å²) in [5.74, 6) is -0.346. The van der Waals surface area contributed by atoms with Crippen molar-refractivity contribution >= 4 is 0 Å². The number of nitriles is 1. The molecule has 0 aliphatic carbocycles. The Kier molecular flexibility index (Phi) is 6.08. The van der Waals surface area contributed by atoms with Gasteiger partial charge >= 0.3 is 0 Å². The largest absolute Gasteiger partial charge is 0.395 e. The van der Waals surface area contributed by atoms with Crippen LogP contribution in [-0.2, 0) is 13.0 Å². The molecule has 0 aliphatic rings. The van der Waals surface area contributed by atoms with Crippen molar-refractivity contribution in [2.75, 3.05) is 19.7 Å². The van der Waals surface area contributed by atoms with Crippen LogP contribution in [0, 0.1) is 17.1 Å². The van der Waals surface area contributed by atoms with Crippen LogP contribution in [0.5, 0.6) is 0 Å². The molecule has 0 aliphatic heterocycles. The summed E-state index contributed by atoms with van der Waals surface area (Å²) in [6, 6.07) is 16.3. The van der Waals surface area contributed by atoms with Crippen molar-refractivity contribution in [3.63, 3.8) is 0 Å². The van der Waals surface area contributed by atoms with Gasteiger partial charge in [-0.15, -0.1) is 0 Å². The molecule has 4 heteroatoms. The lowest BCUT2D eigenvalue weighted by Crippen LogP contribution is -2.29. The summed E-state index contributed by atoms with van der Waals surface area (Å²) in [7, 11) is 0. The van der Waals surface area contributed by atoms with E-state index in [1.165, 1.54) is 23.8 Å². The van der Waals surface area contributed by atoms with Crippen LogP contribution in [-0.4, -0.2) is 29.7 Å². The van der Waals surface area contributed by atoms with Gasteiger partial charge in [-0.25, -0.2) is 4.39 Å². The Labute approximate surface area is 130 Å². The molecule has 114 valence electrons. The molecule has 2 rings (SSSR count). The molecule has 0 aromatic heterocycles. The second kappa shape index (κ2) is 8.28. The van der Waals surface area contributed by atoms with Crippen molar-refractivity contribution < 1.29 is 9.50 Å². The minimum atomic E-state index is -0.346. The van der Waals surface area contributed by atoms with Crippen LogP contribution in [0.3, 0.4) is 0 Å². The van der Waals surface area contributed by atoms with Gasteiger partial charge in [-0.1, -0.05) is 30.3 Å². The molecule has 0 spiro atoms. The highest BCUT2D eigenvalue weighted by Gasteiger charge is 2.10. The fourth-order valence-corrected chi connectivity index (χ4v) is 2.39. The van der Waals surface area contributed by atoms with Crippen LogP contribution in [0.4, 0.5) is 4.39 Å². The summed E-state index contributed by atoms with van der Waals surface area (Å²) in [5.41, 5.74) is 2.35. The van der Waals surface area contributed by atoms with Gasteiger partial charge in [0.1, 0.15) is 5.82 Å². The first-order valence-electron chi connectivity index (χ1n) is 7.28. The lowest BCUT2D eigenvalue weighted by molar-refractivity contribution is 0.191. The summed E-state index contributed by atoms with van der Waals surface area (Å²) in [5, 5.41) is 18.3. The predicted octanol–water partition coefficient (Wildman–Crippen LogP) is 2.73. The van der Waals surface area contributed by atoms with E-state index in [4.69, 9.17) is 5.26 Å². The lowest BCUT2D eigenvalue weighted by atomic mass is 10.1. The second-order valence-corrected chi connectivity index (χ2v) is 5.15. The standard InChI is InChI=1S/C18H19FN2O/c19-18-7-6-16(13-20)17(12-18)14-21(10-11-22)9-8-15-4-2-1-3-5-15/h1-7,12,22H,8-11,14H2. The van der Waals surface area contributed by atoms with E-state index in [0.29, 0.717) is 24.2 Å². The molecule has 0 saturated carbocycles. The Morgan fingerprint density at radius 3 is 2.55 bits per heavy atom. The monoisotopic (exact) mass is 298 g/mol. The molecule has 0 heterocycles. The first kappa shape index (κ1) is 16.2. The number of aliphatic hydroxyl groups excluding tert-OH is 1. The molecular weight excluding hydrogens is 279 g/mol. The average molecular weight is 298 g/mol. The molecule has 3 nitrogen and oxygen atoms in total. The van der Waals surface area contributed by atoms with Crippen molar-refractivity contribution in [2.24, 2.45) is 0 Å². The number of benzene rings is 2. The molecule has 1 N–H and O–H groups in total. The normalized spacial score (nSPS) is 10.6. The first-order valence-corrected chi connectivity index (χ1v) is 7.28. The van der Waals surface area contributed by atoms with E-state index >= 15 is 0 Å². The lowest BCUT2D eigenvalue weighted by Gasteiger charge is -2.22. The van der Waals surface area contributed by atoms with Crippen LogP contribution in [0.25, 0.3) is 0 Å². The second-order valence-electron chi connectivity index (χ2n) is 5.15. The molecule has 0 bridgehead atoms. The van der Waals surface area contributed by atoms with Gasteiger partial charge in [0.25, 0.3) is 0 Å². The molecule has 0 amide bonds. The van der Waals surface area contributed by atoms with E-state index in [1.54, 1.807) is 0 Å². The number of aliphatic hydroxyl groups is 1. The first-order chi connectivity index (χ1) is 10.7. The zero-order valence-electron chi connectivity index (χ0n) is 12.4. The summed E-state index contributed by atoms with van der Waals surface area (Å²) in [4.78, 5) is 2.03. The van der Waals surface area contributed by atoms with Gasteiger partial charge in [-0.05, 0) is 35.7 Å². The molecule has 0 unspecified atom stereocenters. The maximum atomic E-state index is 13.4. The van der Waals surface area contributed by atoms with Crippen molar-refractivity contribution in [2.45, 2.75) is 13.0 Å². The van der Waals surface area contributed by atoms with Gasteiger partial charge in [0, 0.05) is 19.6 Å². The fourth-order valence-electron chi connectivity index (χ4n) is 2.39. The molecule has 0 saturated heterocycles. The molecule has 0 radical (unpaired) electrons. The minimum Gasteiger partial charge on any atom is -0.395 e. The van der Waals surface area contributed by atoms with Crippen LogP contribution in [0.15, 0.2) is 48.5 Å². The minimum absolute atomic E-state index is 0.0337. The van der Waals surface area contributed by atoms with Crippen molar-refractivity contribution in [3.05, 3.63) is 71.0 Å². The third kappa shape index (κ3) is 4.66. The maximum absolute atomic E-state index is 13.4. The molecule has 2 aromatic carbocycles. The van der Waals surface area contributed by atoms with Gasteiger partial charge < -0.3 is 5.11 Å². The van der Waals surface area contributed by atoms with Gasteiger partial charge in [-0.3, -0.25) is 4.90 Å². The van der Waals surface area contributed by atoms with E-state index in [-0.39, 0.29) is 12.4 Å². The number of hydrogen-bond donors (Lipinski definition) is 1. The number of nitrogens with zero attached hydrogens (tertiary/aromatic N) is 2. The molecule has 0 fully saturated rings. The van der Waals surface area contributed by atoms with E-state index in [1.807, 2.05) is 23.1 Å². The van der Waals surface area contributed by atoms with Gasteiger partial charge in [0.05, 0.1) is 18.2 Å². The van der Waals surface area contributed by atoms with E-state index in [0.717, 1.165) is 13.0 Å². The number of rotatable bonds is 7. The summed E-state index contributed by atoms with van der Waals surface area (Å²) < 4.78 is 13.4. The third-order valence-corrected chi connectivity index (χ3v) is 3.56. The quantitative estimate of drug-likeness (QED) is 0.855. The Balaban J connectivity index is 2.05. The van der Waals surface area contributed by atoms with Gasteiger partial charge in [0.2, 0.25) is 0 Å². The van der Waals surface area contributed by atoms with E-state index < -0.39 is 0 Å². The Morgan fingerprint density at radius 1 is 1.09 bits per heavy atom. The highest BCUT2D eigenvalue weighted by Crippen LogP contribution is 2.14. The van der Waals surface area contributed by atoms with Crippen LogP contribution < -0.4 is 0 Å². The zero-order chi connectivity index (χ0) is 15.8. The maximum Gasteiger partial charge on any atom is 0.123 e. The average Bonchev–Trinajstić information content (AvgIpc) is 2.54. The van der Waals surface area contributed by atoms with Gasteiger partial charge in [0.15, 0.2) is 0 Å². The van der Waals surface area contributed by atoms with Crippen LogP contribution >= 0.6 is 0 Å². The highest BCUT2D eigenvalue weighted by atomic mass is 19.1. The summed E-state index contributed by atoms with van der Waals surface area (Å²) >= 11 is 0. The third-order valence-electron chi connectivity index (χ3n) is 3.56. The highest BCUT2D eigenvalue weighted by molar-refractivity contribution is 5.37. The Hall–Kier alpha value is -2.22. The van der Waals surface area contributed by atoms with Crippen LogP contribution in [0.1, 0.15) is 16.7 Å². The predicted molar refractivity (Wildman–Crippen MR) is 83.6 cm³/mol. The van der Waals surface area contributed by atoms with E-state index in [9.17, 15) is 9.50 Å². The number of halogens is 1. The van der Waals surface area contributed by atoms with E-state index in [2.05, 4.69) is 18.2 Å². The van der Waals surface area contributed by atoms with Crippen molar-refractivity contribution in [1.29, 1.82) is 5.26 Å². The van der Waals surface area contributed by atoms with Crippen molar-refractivity contribution in [1.82, 2.24) is 4.90 Å². The Bertz CT molecular complexity index is 637. The van der Waals surface area contributed by atoms with Gasteiger partial charge in [-0.2, -0.15) is 5.26 Å². The molecular formula is C18H19FN2O. The fraction of sp³-hybridized carbons (Fsp3) is 0.278. The van der Waals surface area contributed by atoms with Crippen molar-refractivity contribution in [3.8, 4) is 6.07 Å². The smallest absolute Gasteiger partial charge is 0.123 e. The SMILES string of the molecule is N#Cc1ccc(F)cc1CN(CCO)CCc1ccccc1. The molecule has 22 heavy (non-hydrogen) atoms. The Morgan fingerprint density at radius 2 is 1.86 bits per heavy atom.